The summed E-state index contributed by atoms with van der Waals surface area (Å²) in [4.78, 5) is 20.6. The van der Waals surface area contributed by atoms with Gasteiger partial charge in [0, 0.05) is 53.3 Å². The van der Waals surface area contributed by atoms with Crippen LogP contribution in [0.25, 0.3) is 11.3 Å². The molecule has 0 bridgehead atoms. The molecule has 5 rings (SSSR count). The number of benzene rings is 2. The van der Waals surface area contributed by atoms with Crippen molar-refractivity contribution in [3.05, 3.63) is 65.0 Å². The minimum Gasteiger partial charge on any atom is -0.433 e. The lowest BCUT2D eigenvalue weighted by molar-refractivity contribution is 0.0546. The monoisotopic (exact) mass is 498 g/mol. The summed E-state index contributed by atoms with van der Waals surface area (Å²) >= 11 is 7.57. The second kappa shape index (κ2) is 10.5. The minimum absolute atomic E-state index is 0.00254. The van der Waals surface area contributed by atoms with E-state index in [-0.39, 0.29) is 17.9 Å². The van der Waals surface area contributed by atoms with Crippen LogP contribution in [0.3, 0.4) is 0 Å². The van der Waals surface area contributed by atoms with Crippen LogP contribution >= 0.6 is 23.4 Å². The average Bonchev–Trinajstić information content (AvgIpc) is 3.30. The van der Waals surface area contributed by atoms with Gasteiger partial charge in [0.15, 0.2) is 11.0 Å². The van der Waals surface area contributed by atoms with E-state index in [4.69, 9.17) is 25.7 Å². The quantitative estimate of drug-likeness (QED) is 0.490. The Labute approximate surface area is 208 Å². The van der Waals surface area contributed by atoms with Gasteiger partial charge in [0.25, 0.3) is 5.91 Å². The third-order valence-corrected chi connectivity index (χ3v) is 7.59. The van der Waals surface area contributed by atoms with E-state index in [9.17, 15) is 9.90 Å². The molecule has 2 fully saturated rings. The Bertz CT molecular complexity index is 1120. The van der Waals surface area contributed by atoms with Gasteiger partial charge in [-0.25, -0.2) is 4.98 Å². The number of aliphatic hydroxyl groups excluding tert-OH is 1. The molecule has 1 N–H and O–H groups in total. The number of aromatic nitrogens is 1. The van der Waals surface area contributed by atoms with Crippen molar-refractivity contribution in [2.75, 3.05) is 26.3 Å². The predicted molar refractivity (Wildman–Crippen MR) is 131 cm³/mol. The number of carbonyl (C=O) groups excluding carboxylic acids is 1. The number of aliphatic hydroxyl groups is 1. The predicted octanol–water partition coefficient (Wildman–Crippen LogP) is 5.64. The average molecular weight is 499 g/mol. The van der Waals surface area contributed by atoms with Gasteiger partial charge in [0.05, 0.1) is 6.10 Å². The Morgan fingerprint density at radius 3 is 2.35 bits per heavy atom. The SMILES string of the molecule is O=C(c1ccc(-c2nc(C3CCOCC3)oc2Sc2ccc(Cl)cc2)cc1)N1CCC(O)CC1. The van der Waals surface area contributed by atoms with E-state index in [0.717, 1.165) is 40.0 Å². The normalized spacial score (nSPS) is 17.8. The van der Waals surface area contributed by atoms with Crippen molar-refractivity contribution in [2.45, 2.75) is 47.7 Å². The van der Waals surface area contributed by atoms with Gasteiger partial charge in [-0.05, 0) is 73.8 Å². The Kier molecular flexibility index (Phi) is 7.25. The molecule has 1 aromatic heterocycles. The van der Waals surface area contributed by atoms with Crippen molar-refractivity contribution >= 4 is 29.3 Å². The summed E-state index contributed by atoms with van der Waals surface area (Å²) in [6, 6.07) is 15.2. The van der Waals surface area contributed by atoms with Crippen LogP contribution in [0.2, 0.25) is 5.02 Å². The standard InChI is InChI=1S/C26H27ClN2O4S/c27-20-5-7-22(8-6-20)34-26-23(28-24(33-26)18-11-15-32-16-12-18)17-1-3-19(4-2-17)25(31)29-13-9-21(30)10-14-29/h1-8,18,21,30H,9-16H2. The number of nitrogens with zero attached hydrogens (tertiary/aromatic N) is 2. The molecule has 2 aromatic carbocycles. The molecule has 0 spiro atoms. The van der Waals surface area contributed by atoms with Crippen molar-refractivity contribution in [1.82, 2.24) is 9.88 Å². The molecular formula is C26H27ClN2O4S. The minimum atomic E-state index is -0.305. The largest absolute Gasteiger partial charge is 0.433 e. The van der Waals surface area contributed by atoms with Gasteiger partial charge in [0.2, 0.25) is 0 Å². The van der Waals surface area contributed by atoms with Crippen LogP contribution in [0.1, 0.15) is 47.8 Å². The van der Waals surface area contributed by atoms with Crippen LogP contribution < -0.4 is 0 Å². The summed E-state index contributed by atoms with van der Waals surface area (Å²) in [5.41, 5.74) is 2.32. The number of likely N-dealkylation sites (tertiary alicyclic amines) is 1. The molecule has 1 amide bonds. The number of oxazole rings is 1. The van der Waals surface area contributed by atoms with Crippen molar-refractivity contribution in [3.8, 4) is 11.3 Å². The molecule has 178 valence electrons. The van der Waals surface area contributed by atoms with E-state index >= 15 is 0 Å². The fourth-order valence-electron chi connectivity index (χ4n) is 4.32. The van der Waals surface area contributed by atoms with E-state index in [1.807, 2.05) is 53.4 Å². The first kappa shape index (κ1) is 23.4. The Morgan fingerprint density at radius 1 is 1.00 bits per heavy atom. The van der Waals surface area contributed by atoms with Crippen molar-refractivity contribution in [2.24, 2.45) is 0 Å². The molecular weight excluding hydrogens is 472 g/mol. The van der Waals surface area contributed by atoms with Gasteiger partial charge < -0.3 is 19.2 Å². The fraction of sp³-hybridized carbons (Fsp3) is 0.385. The van der Waals surface area contributed by atoms with Crippen LogP contribution in [0.5, 0.6) is 0 Å². The summed E-state index contributed by atoms with van der Waals surface area (Å²) in [7, 11) is 0. The van der Waals surface area contributed by atoms with E-state index in [0.29, 0.717) is 49.7 Å². The molecule has 0 aliphatic carbocycles. The number of hydrogen-bond acceptors (Lipinski definition) is 6. The highest BCUT2D eigenvalue weighted by Crippen LogP contribution is 2.40. The van der Waals surface area contributed by atoms with Crippen LogP contribution in [0, 0.1) is 0 Å². The van der Waals surface area contributed by atoms with E-state index < -0.39 is 0 Å². The summed E-state index contributed by atoms with van der Waals surface area (Å²) in [6.07, 6.45) is 2.73. The zero-order chi connectivity index (χ0) is 23.5. The van der Waals surface area contributed by atoms with Crippen LogP contribution in [-0.4, -0.2) is 53.3 Å². The molecule has 3 aromatic rings. The molecule has 2 aliphatic heterocycles. The number of amides is 1. The van der Waals surface area contributed by atoms with Gasteiger partial charge in [0.1, 0.15) is 5.69 Å². The van der Waals surface area contributed by atoms with E-state index in [1.54, 1.807) is 0 Å². The Hall–Kier alpha value is -2.32. The molecule has 0 radical (unpaired) electrons. The highest BCUT2D eigenvalue weighted by atomic mass is 35.5. The van der Waals surface area contributed by atoms with Crippen LogP contribution in [0.4, 0.5) is 0 Å². The first-order valence-electron chi connectivity index (χ1n) is 11.7. The zero-order valence-corrected chi connectivity index (χ0v) is 20.4. The summed E-state index contributed by atoms with van der Waals surface area (Å²) in [6.45, 7) is 2.60. The third-order valence-electron chi connectivity index (χ3n) is 6.36. The lowest BCUT2D eigenvalue weighted by Crippen LogP contribution is -2.40. The maximum absolute atomic E-state index is 12.9. The highest BCUT2D eigenvalue weighted by Gasteiger charge is 2.26. The maximum atomic E-state index is 12.9. The fourth-order valence-corrected chi connectivity index (χ4v) is 5.32. The summed E-state index contributed by atoms with van der Waals surface area (Å²) < 4.78 is 11.8. The molecule has 8 heteroatoms. The van der Waals surface area contributed by atoms with Gasteiger partial charge in [-0.3, -0.25) is 4.79 Å². The van der Waals surface area contributed by atoms with Gasteiger partial charge in [-0.1, -0.05) is 23.7 Å². The second-order valence-electron chi connectivity index (χ2n) is 8.73. The second-order valence-corrected chi connectivity index (χ2v) is 10.2. The molecule has 0 atom stereocenters. The van der Waals surface area contributed by atoms with Crippen molar-refractivity contribution < 1.29 is 19.1 Å². The van der Waals surface area contributed by atoms with Gasteiger partial charge >= 0.3 is 0 Å². The van der Waals surface area contributed by atoms with Gasteiger partial charge in [-0.15, -0.1) is 0 Å². The smallest absolute Gasteiger partial charge is 0.253 e. The van der Waals surface area contributed by atoms with Crippen molar-refractivity contribution in [3.63, 3.8) is 0 Å². The maximum Gasteiger partial charge on any atom is 0.253 e. The molecule has 34 heavy (non-hydrogen) atoms. The lowest BCUT2D eigenvalue weighted by atomic mass is 10.0. The first-order chi connectivity index (χ1) is 16.6. The van der Waals surface area contributed by atoms with E-state index in [2.05, 4.69) is 0 Å². The number of rotatable bonds is 5. The first-order valence-corrected chi connectivity index (χ1v) is 12.9. The number of ether oxygens (including phenoxy) is 1. The summed E-state index contributed by atoms with van der Waals surface area (Å²) in [5.74, 6) is 0.974. The molecule has 0 unspecified atom stereocenters. The Balaban J connectivity index is 1.41. The molecule has 2 aliphatic rings. The molecule has 2 saturated heterocycles. The van der Waals surface area contributed by atoms with Crippen LogP contribution in [0.15, 0.2) is 62.9 Å². The van der Waals surface area contributed by atoms with Gasteiger partial charge in [-0.2, -0.15) is 0 Å². The molecule has 6 nitrogen and oxygen atoms in total. The van der Waals surface area contributed by atoms with Crippen molar-refractivity contribution in [1.29, 1.82) is 0 Å². The number of hydrogen-bond donors (Lipinski definition) is 1. The summed E-state index contributed by atoms with van der Waals surface area (Å²) in [5, 5.41) is 11.1. The zero-order valence-electron chi connectivity index (χ0n) is 18.8. The van der Waals surface area contributed by atoms with Crippen LogP contribution in [-0.2, 0) is 4.74 Å². The lowest BCUT2D eigenvalue weighted by Gasteiger charge is -2.29. The Morgan fingerprint density at radius 2 is 1.68 bits per heavy atom. The van der Waals surface area contributed by atoms with E-state index in [1.165, 1.54) is 11.8 Å². The number of carbonyl (C=O) groups is 1. The number of halogens is 1. The third kappa shape index (κ3) is 5.33. The molecule has 0 saturated carbocycles. The highest BCUT2D eigenvalue weighted by molar-refractivity contribution is 7.99. The topological polar surface area (TPSA) is 75.8 Å². The molecule has 3 heterocycles. The number of piperidine rings is 1.